The minimum absolute atomic E-state index is 0.0281. The van der Waals surface area contributed by atoms with Crippen molar-refractivity contribution in [3.63, 3.8) is 0 Å². The van der Waals surface area contributed by atoms with Gasteiger partial charge in [0.15, 0.2) is 0 Å². The first-order valence-corrected chi connectivity index (χ1v) is 7.79. The second-order valence-corrected chi connectivity index (χ2v) is 7.01. The number of amides is 2. The van der Waals surface area contributed by atoms with E-state index in [1.807, 2.05) is 31.2 Å². The van der Waals surface area contributed by atoms with Gasteiger partial charge in [-0.05, 0) is 54.7 Å². The summed E-state index contributed by atoms with van der Waals surface area (Å²) in [5.74, 6) is 1.78. The van der Waals surface area contributed by atoms with Crippen LogP contribution in [0, 0.1) is 42.4 Å². The number of rotatable bonds is 1. The molecule has 21 heavy (non-hydrogen) atoms. The number of nitrogens with zero attached hydrogens (tertiary/aromatic N) is 1. The third-order valence-electron chi connectivity index (χ3n) is 5.92. The molecule has 2 bridgehead atoms. The van der Waals surface area contributed by atoms with E-state index in [-0.39, 0.29) is 23.7 Å². The Morgan fingerprint density at radius 3 is 2.19 bits per heavy atom. The average molecular weight is 279 g/mol. The summed E-state index contributed by atoms with van der Waals surface area (Å²) < 4.78 is 0. The predicted octanol–water partition coefficient (Wildman–Crippen LogP) is 2.55. The Hall–Kier alpha value is -1.90. The molecule has 0 unspecified atom stereocenters. The van der Waals surface area contributed by atoms with Crippen molar-refractivity contribution in [2.45, 2.75) is 13.3 Å². The molecular formula is C18H17NO2. The van der Waals surface area contributed by atoms with Crippen LogP contribution in [0.25, 0.3) is 0 Å². The van der Waals surface area contributed by atoms with Gasteiger partial charge in [-0.25, -0.2) is 0 Å². The van der Waals surface area contributed by atoms with Gasteiger partial charge in [-0.15, -0.1) is 0 Å². The van der Waals surface area contributed by atoms with E-state index in [2.05, 4.69) is 12.2 Å². The largest absolute Gasteiger partial charge is 0.274 e. The van der Waals surface area contributed by atoms with Crippen LogP contribution in [0.2, 0.25) is 0 Å². The van der Waals surface area contributed by atoms with Crippen LogP contribution in [-0.2, 0) is 9.59 Å². The first kappa shape index (κ1) is 11.7. The van der Waals surface area contributed by atoms with Gasteiger partial charge in [-0.3, -0.25) is 14.5 Å². The number of aryl methyl sites for hydroxylation is 1. The van der Waals surface area contributed by atoms with Crippen molar-refractivity contribution in [3.8, 4) is 0 Å². The minimum atomic E-state index is -0.100. The fourth-order valence-electron chi connectivity index (χ4n) is 4.98. The van der Waals surface area contributed by atoms with Gasteiger partial charge in [0.2, 0.25) is 11.8 Å². The molecule has 3 fully saturated rings. The molecular weight excluding hydrogens is 262 g/mol. The van der Waals surface area contributed by atoms with E-state index in [4.69, 9.17) is 0 Å². The molecule has 1 aromatic carbocycles. The van der Waals surface area contributed by atoms with E-state index in [9.17, 15) is 9.59 Å². The van der Waals surface area contributed by atoms with Crippen LogP contribution < -0.4 is 4.90 Å². The van der Waals surface area contributed by atoms with Crippen molar-refractivity contribution in [1.29, 1.82) is 0 Å². The molecule has 106 valence electrons. The van der Waals surface area contributed by atoms with Crippen molar-refractivity contribution < 1.29 is 9.59 Å². The fraction of sp³-hybridized carbons (Fsp3) is 0.444. The third-order valence-corrected chi connectivity index (χ3v) is 5.92. The molecule has 2 saturated carbocycles. The molecule has 1 aromatic rings. The van der Waals surface area contributed by atoms with E-state index in [1.165, 1.54) is 11.3 Å². The second kappa shape index (κ2) is 3.65. The summed E-state index contributed by atoms with van der Waals surface area (Å²) >= 11 is 0. The molecule has 4 aliphatic carbocycles. The van der Waals surface area contributed by atoms with Gasteiger partial charge >= 0.3 is 0 Å². The molecule has 2 amide bonds. The number of allylic oxidation sites excluding steroid dienone is 2. The first-order chi connectivity index (χ1) is 10.2. The molecule has 0 radical (unpaired) electrons. The molecule has 5 aliphatic rings. The van der Waals surface area contributed by atoms with Crippen LogP contribution in [0.1, 0.15) is 12.0 Å². The molecule has 0 aromatic heterocycles. The zero-order valence-corrected chi connectivity index (χ0v) is 11.9. The first-order valence-electron chi connectivity index (χ1n) is 7.79. The molecule has 1 aliphatic heterocycles. The van der Waals surface area contributed by atoms with Crippen molar-refractivity contribution in [2.24, 2.45) is 35.5 Å². The summed E-state index contributed by atoms with van der Waals surface area (Å²) in [6, 6.07) is 7.71. The lowest BCUT2D eigenvalue weighted by Gasteiger charge is -2.37. The van der Waals surface area contributed by atoms with E-state index >= 15 is 0 Å². The second-order valence-electron chi connectivity index (χ2n) is 7.01. The highest BCUT2D eigenvalue weighted by Gasteiger charge is 2.67. The van der Waals surface area contributed by atoms with Crippen LogP contribution in [-0.4, -0.2) is 11.8 Å². The zero-order chi connectivity index (χ0) is 14.3. The molecule has 3 heteroatoms. The van der Waals surface area contributed by atoms with Crippen LogP contribution in [0.15, 0.2) is 36.4 Å². The van der Waals surface area contributed by atoms with Gasteiger partial charge in [-0.2, -0.15) is 0 Å². The average Bonchev–Trinajstić information content (AvgIpc) is 3.24. The normalized spacial score (nSPS) is 42.2. The van der Waals surface area contributed by atoms with Gasteiger partial charge in [0.1, 0.15) is 0 Å². The number of carbonyl (C=O) groups excluding carboxylic acids is 2. The molecule has 3 nitrogen and oxygen atoms in total. The maximum atomic E-state index is 12.9. The Bertz CT molecular complexity index is 671. The standard InChI is InChI=1S/C18H17NO2/c1-9-3-2-4-10(7-9)19-17(20)15-11-5-6-12(14-8-13(11)14)16(15)18(19)21/h2-7,11-16H,8H2,1H3/t11-,12+,13-,14+,15-,16+. The summed E-state index contributed by atoms with van der Waals surface area (Å²) in [4.78, 5) is 27.2. The van der Waals surface area contributed by atoms with Crippen molar-refractivity contribution >= 4 is 17.5 Å². The lowest BCUT2D eigenvalue weighted by Crippen LogP contribution is -2.40. The number of hydrogen-bond acceptors (Lipinski definition) is 2. The minimum Gasteiger partial charge on any atom is -0.274 e. The summed E-state index contributed by atoms with van der Waals surface area (Å²) in [5, 5.41) is 0. The molecule has 0 N–H and O–H groups in total. The molecule has 1 saturated heterocycles. The number of hydrogen-bond donors (Lipinski definition) is 0. The smallest absolute Gasteiger partial charge is 0.238 e. The predicted molar refractivity (Wildman–Crippen MR) is 78.4 cm³/mol. The highest BCUT2D eigenvalue weighted by molar-refractivity contribution is 6.22. The molecule has 1 heterocycles. The topological polar surface area (TPSA) is 37.4 Å². The zero-order valence-electron chi connectivity index (χ0n) is 11.9. The van der Waals surface area contributed by atoms with Gasteiger partial charge < -0.3 is 0 Å². The highest BCUT2D eigenvalue weighted by atomic mass is 16.2. The van der Waals surface area contributed by atoms with Gasteiger partial charge in [0.05, 0.1) is 17.5 Å². The van der Waals surface area contributed by atoms with Gasteiger partial charge in [0, 0.05) is 0 Å². The third kappa shape index (κ3) is 1.34. The van der Waals surface area contributed by atoms with Crippen molar-refractivity contribution in [1.82, 2.24) is 0 Å². The summed E-state index contributed by atoms with van der Waals surface area (Å²) in [6.07, 6.45) is 5.64. The summed E-state index contributed by atoms with van der Waals surface area (Å²) in [5.41, 5.74) is 1.82. The van der Waals surface area contributed by atoms with E-state index in [1.54, 1.807) is 0 Å². The Balaban J connectivity index is 1.60. The Morgan fingerprint density at radius 2 is 1.62 bits per heavy atom. The number of anilines is 1. The van der Waals surface area contributed by atoms with Gasteiger partial charge in [0.25, 0.3) is 0 Å². The molecule has 6 atom stereocenters. The Kier molecular flexibility index (Phi) is 2.04. The maximum Gasteiger partial charge on any atom is 0.238 e. The lowest BCUT2D eigenvalue weighted by atomic mass is 9.63. The van der Waals surface area contributed by atoms with E-state index in [0.717, 1.165) is 11.3 Å². The SMILES string of the molecule is Cc1cccc(N2C(=O)[C@@H]3[C@@H]4C=C[C@@H]([C@@H]5C[C@H]45)[C@@H]3C2=O)c1. The van der Waals surface area contributed by atoms with Crippen LogP contribution >= 0.6 is 0 Å². The summed E-state index contributed by atoms with van der Waals surface area (Å²) in [7, 11) is 0. The van der Waals surface area contributed by atoms with Crippen LogP contribution in [0.5, 0.6) is 0 Å². The molecule has 6 rings (SSSR count). The number of benzene rings is 1. The quantitative estimate of drug-likeness (QED) is 0.585. The van der Waals surface area contributed by atoms with Crippen LogP contribution in [0.3, 0.4) is 0 Å². The lowest BCUT2D eigenvalue weighted by molar-refractivity contribution is -0.124. The highest BCUT2D eigenvalue weighted by Crippen LogP contribution is 2.65. The fourth-order valence-corrected chi connectivity index (χ4v) is 4.98. The van der Waals surface area contributed by atoms with Crippen LogP contribution in [0.4, 0.5) is 5.69 Å². The summed E-state index contributed by atoms with van der Waals surface area (Å²) in [6.45, 7) is 1.99. The number of carbonyl (C=O) groups is 2. The van der Waals surface area contributed by atoms with Crippen molar-refractivity contribution in [2.75, 3.05) is 4.90 Å². The van der Waals surface area contributed by atoms with E-state index < -0.39 is 0 Å². The molecule has 0 spiro atoms. The Labute approximate surface area is 123 Å². The maximum absolute atomic E-state index is 12.9. The Morgan fingerprint density at radius 1 is 1.00 bits per heavy atom. The number of imide groups is 1. The van der Waals surface area contributed by atoms with Crippen molar-refractivity contribution in [3.05, 3.63) is 42.0 Å². The monoisotopic (exact) mass is 279 g/mol. The van der Waals surface area contributed by atoms with Gasteiger partial charge in [-0.1, -0.05) is 24.3 Å². The van der Waals surface area contributed by atoms with E-state index in [0.29, 0.717) is 23.7 Å².